The van der Waals surface area contributed by atoms with Crippen LogP contribution in [0.5, 0.6) is 11.6 Å². The molecule has 0 atom stereocenters. The fourth-order valence-electron chi connectivity index (χ4n) is 1.49. The zero-order valence-electron chi connectivity index (χ0n) is 9.57. The molecule has 17 heavy (non-hydrogen) atoms. The summed E-state index contributed by atoms with van der Waals surface area (Å²) < 4.78 is 6.58. The van der Waals surface area contributed by atoms with E-state index in [1.807, 2.05) is 26.0 Å². The Kier molecular flexibility index (Phi) is 3.28. The van der Waals surface area contributed by atoms with Crippen molar-refractivity contribution in [2.24, 2.45) is 0 Å². The first-order valence-corrected chi connectivity index (χ1v) is 5.88. The Balaban J connectivity index is 2.36. The van der Waals surface area contributed by atoms with Gasteiger partial charge in [-0.1, -0.05) is 15.9 Å². The second-order valence-corrected chi connectivity index (χ2v) is 4.73. The Hall–Kier alpha value is -1.62. The van der Waals surface area contributed by atoms with Gasteiger partial charge in [0.2, 0.25) is 5.88 Å². The maximum atomic E-state index is 5.90. The number of nitrogens with two attached hydrogens (primary N) is 1. The minimum absolute atomic E-state index is 0.446. The Morgan fingerprint density at radius 2 is 2.00 bits per heavy atom. The van der Waals surface area contributed by atoms with Crippen LogP contribution in [0, 0.1) is 13.8 Å². The summed E-state index contributed by atoms with van der Waals surface area (Å²) in [6.45, 7) is 3.86. The van der Waals surface area contributed by atoms with E-state index in [0.29, 0.717) is 17.3 Å². The Morgan fingerprint density at radius 3 is 2.65 bits per heavy atom. The molecular weight excluding hydrogens is 282 g/mol. The van der Waals surface area contributed by atoms with Crippen LogP contribution >= 0.6 is 15.9 Å². The van der Waals surface area contributed by atoms with Crippen LogP contribution in [-0.2, 0) is 0 Å². The van der Waals surface area contributed by atoms with Crippen LogP contribution in [0.2, 0.25) is 0 Å². The van der Waals surface area contributed by atoms with E-state index in [0.717, 1.165) is 15.6 Å². The van der Waals surface area contributed by atoms with Crippen LogP contribution in [0.1, 0.15) is 11.1 Å². The number of benzene rings is 1. The number of anilines is 1. The highest BCUT2D eigenvalue weighted by atomic mass is 79.9. The lowest BCUT2D eigenvalue weighted by Gasteiger charge is -2.10. The maximum absolute atomic E-state index is 5.90. The molecule has 1 aromatic carbocycles. The number of nitrogens with zero attached hydrogens (tertiary/aromatic N) is 2. The third-order valence-electron chi connectivity index (χ3n) is 2.24. The number of hydrogen-bond donors (Lipinski definition) is 1. The molecular formula is C12H12BrN3O. The summed E-state index contributed by atoms with van der Waals surface area (Å²) in [7, 11) is 0. The number of ether oxygens (including phenoxy) is 1. The number of hydrogen-bond acceptors (Lipinski definition) is 4. The van der Waals surface area contributed by atoms with Crippen molar-refractivity contribution in [3.8, 4) is 11.6 Å². The van der Waals surface area contributed by atoms with Gasteiger partial charge in [-0.25, -0.2) is 0 Å². The fraction of sp³-hybridized carbons (Fsp3) is 0.167. The average Bonchev–Trinajstić information content (AvgIpc) is 2.23. The third kappa shape index (κ3) is 2.74. The lowest BCUT2D eigenvalue weighted by molar-refractivity contribution is 0.453. The fourth-order valence-corrected chi connectivity index (χ4v) is 2.08. The standard InChI is InChI=1S/C12H12BrN3O/c1-7-3-11(16-15-6-7)17-12-8(2)4-9(13)5-10(12)14/h3-6H,14H2,1-2H3. The van der Waals surface area contributed by atoms with Gasteiger partial charge < -0.3 is 10.5 Å². The van der Waals surface area contributed by atoms with Gasteiger partial charge in [-0.05, 0) is 37.1 Å². The molecule has 0 saturated heterocycles. The highest BCUT2D eigenvalue weighted by Crippen LogP contribution is 2.32. The molecule has 0 aliphatic carbocycles. The van der Waals surface area contributed by atoms with E-state index >= 15 is 0 Å². The van der Waals surface area contributed by atoms with Crippen LogP contribution in [0.15, 0.2) is 28.9 Å². The molecule has 88 valence electrons. The molecule has 0 fully saturated rings. The van der Waals surface area contributed by atoms with Gasteiger partial charge in [-0.2, -0.15) is 5.10 Å². The van der Waals surface area contributed by atoms with Crippen molar-refractivity contribution in [1.82, 2.24) is 10.2 Å². The summed E-state index contributed by atoms with van der Waals surface area (Å²) >= 11 is 3.38. The van der Waals surface area contributed by atoms with E-state index in [1.165, 1.54) is 0 Å². The summed E-state index contributed by atoms with van der Waals surface area (Å²) in [4.78, 5) is 0. The van der Waals surface area contributed by atoms with Gasteiger partial charge in [-0.15, -0.1) is 5.10 Å². The van der Waals surface area contributed by atoms with Crippen molar-refractivity contribution in [1.29, 1.82) is 0 Å². The zero-order valence-corrected chi connectivity index (χ0v) is 11.2. The predicted molar refractivity (Wildman–Crippen MR) is 70.1 cm³/mol. The molecule has 0 amide bonds. The zero-order chi connectivity index (χ0) is 12.4. The van der Waals surface area contributed by atoms with Gasteiger partial charge in [0.1, 0.15) is 0 Å². The molecule has 5 heteroatoms. The molecule has 0 aliphatic rings. The minimum Gasteiger partial charge on any atom is -0.435 e. The smallest absolute Gasteiger partial charge is 0.239 e. The van der Waals surface area contributed by atoms with Crippen LogP contribution < -0.4 is 10.5 Å². The topological polar surface area (TPSA) is 61.0 Å². The van der Waals surface area contributed by atoms with Crippen LogP contribution in [0.4, 0.5) is 5.69 Å². The van der Waals surface area contributed by atoms with Crippen LogP contribution in [0.3, 0.4) is 0 Å². The largest absolute Gasteiger partial charge is 0.435 e. The van der Waals surface area contributed by atoms with Gasteiger partial charge in [-0.3, -0.25) is 0 Å². The van der Waals surface area contributed by atoms with E-state index in [9.17, 15) is 0 Å². The van der Waals surface area contributed by atoms with Crippen molar-refractivity contribution >= 4 is 21.6 Å². The van der Waals surface area contributed by atoms with Crippen molar-refractivity contribution in [3.63, 3.8) is 0 Å². The van der Waals surface area contributed by atoms with Crippen molar-refractivity contribution in [3.05, 3.63) is 40.0 Å². The summed E-state index contributed by atoms with van der Waals surface area (Å²) in [6.07, 6.45) is 1.67. The summed E-state index contributed by atoms with van der Waals surface area (Å²) in [5.41, 5.74) is 8.41. The lowest BCUT2D eigenvalue weighted by atomic mass is 10.2. The number of aromatic nitrogens is 2. The first-order chi connectivity index (χ1) is 8.06. The van der Waals surface area contributed by atoms with E-state index in [1.54, 1.807) is 12.3 Å². The second kappa shape index (κ2) is 4.71. The van der Waals surface area contributed by atoms with E-state index < -0.39 is 0 Å². The van der Waals surface area contributed by atoms with Crippen LogP contribution in [0.25, 0.3) is 0 Å². The second-order valence-electron chi connectivity index (χ2n) is 3.81. The number of rotatable bonds is 2. The van der Waals surface area contributed by atoms with Gasteiger partial charge >= 0.3 is 0 Å². The molecule has 4 nitrogen and oxygen atoms in total. The van der Waals surface area contributed by atoms with Gasteiger partial charge in [0.15, 0.2) is 5.75 Å². The Bertz CT molecular complexity index is 534. The third-order valence-corrected chi connectivity index (χ3v) is 2.70. The molecule has 2 N–H and O–H groups in total. The quantitative estimate of drug-likeness (QED) is 0.864. The van der Waals surface area contributed by atoms with Gasteiger partial charge in [0.25, 0.3) is 0 Å². The lowest BCUT2D eigenvalue weighted by Crippen LogP contribution is -1.97. The highest BCUT2D eigenvalue weighted by molar-refractivity contribution is 9.10. The van der Waals surface area contributed by atoms with Crippen LogP contribution in [-0.4, -0.2) is 10.2 Å². The molecule has 2 aromatic rings. The monoisotopic (exact) mass is 293 g/mol. The van der Waals surface area contributed by atoms with E-state index in [4.69, 9.17) is 10.5 Å². The molecule has 1 heterocycles. The number of nitrogen functional groups attached to an aromatic ring is 1. The predicted octanol–water partition coefficient (Wildman–Crippen LogP) is 3.23. The average molecular weight is 294 g/mol. The van der Waals surface area contributed by atoms with Gasteiger partial charge in [0, 0.05) is 10.5 Å². The normalized spacial score (nSPS) is 10.3. The molecule has 2 rings (SSSR count). The van der Waals surface area contributed by atoms with E-state index in [2.05, 4.69) is 26.1 Å². The molecule has 0 radical (unpaired) electrons. The molecule has 0 saturated carbocycles. The molecule has 0 aliphatic heterocycles. The first kappa shape index (κ1) is 11.9. The minimum atomic E-state index is 0.446. The molecule has 0 bridgehead atoms. The highest BCUT2D eigenvalue weighted by Gasteiger charge is 2.08. The SMILES string of the molecule is Cc1cnnc(Oc2c(C)cc(Br)cc2N)c1. The first-order valence-electron chi connectivity index (χ1n) is 5.09. The van der Waals surface area contributed by atoms with Crippen molar-refractivity contribution in [2.75, 3.05) is 5.73 Å². The number of halogens is 1. The molecule has 0 spiro atoms. The van der Waals surface area contributed by atoms with E-state index in [-0.39, 0.29) is 0 Å². The maximum Gasteiger partial charge on any atom is 0.239 e. The Morgan fingerprint density at radius 1 is 1.24 bits per heavy atom. The Labute approximate surface area is 108 Å². The molecule has 0 unspecified atom stereocenters. The van der Waals surface area contributed by atoms with Crippen molar-refractivity contribution in [2.45, 2.75) is 13.8 Å². The summed E-state index contributed by atoms with van der Waals surface area (Å²) in [6, 6.07) is 5.55. The van der Waals surface area contributed by atoms with Crippen molar-refractivity contribution < 1.29 is 4.74 Å². The summed E-state index contributed by atoms with van der Waals surface area (Å²) in [5, 5.41) is 7.73. The number of aryl methyl sites for hydroxylation is 2. The summed E-state index contributed by atoms with van der Waals surface area (Å²) in [5.74, 6) is 1.07. The molecule has 1 aromatic heterocycles. The van der Waals surface area contributed by atoms with Gasteiger partial charge in [0.05, 0.1) is 11.9 Å².